The molecule has 0 aliphatic heterocycles. The number of rotatable bonds is 7. The van der Waals surface area contributed by atoms with E-state index in [9.17, 15) is 13.2 Å². The molecule has 0 bridgehead atoms. The van der Waals surface area contributed by atoms with Crippen molar-refractivity contribution in [2.45, 2.75) is 64.3 Å². The minimum atomic E-state index is -4.26. The van der Waals surface area contributed by atoms with Crippen LogP contribution in [0.15, 0.2) is 0 Å². The maximum Gasteiger partial charge on any atom is 0.414 e. The molecule has 5 heteroatoms. The molecular formula is C13H24F3NO. The van der Waals surface area contributed by atoms with Crippen molar-refractivity contribution in [3.8, 4) is 0 Å². The Morgan fingerprint density at radius 1 is 1.28 bits per heavy atom. The first-order valence-electron chi connectivity index (χ1n) is 6.86. The number of hydrogen-bond acceptors (Lipinski definition) is 2. The quantitative estimate of drug-likeness (QED) is 0.762. The molecule has 2 unspecified atom stereocenters. The highest BCUT2D eigenvalue weighted by Crippen LogP contribution is 2.29. The topological polar surface area (TPSA) is 21.3 Å². The molecule has 0 aromatic heterocycles. The summed E-state index contributed by atoms with van der Waals surface area (Å²) in [5.74, 6) is 0.469. The molecule has 0 amide bonds. The Morgan fingerprint density at radius 2 is 1.89 bits per heavy atom. The van der Waals surface area contributed by atoms with Crippen LogP contribution in [0.3, 0.4) is 0 Å². The Kier molecular flexibility index (Phi) is 6.43. The fraction of sp³-hybridized carbons (Fsp3) is 1.00. The predicted octanol–water partition coefficient (Wildman–Crippen LogP) is 3.51. The maximum atomic E-state index is 12.4. The second kappa shape index (κ2) is 7.34. The molecular weight excluding hydrogens is 243 g/mol. The molecule has 0 heterocycles. The highest BCUT2D eigenvalue weighted by Gasteiger charge is 2.37. The minimum Gasteiger partial charge on any atom is -0.367 e. The zero-order valence-corrected chi connectivity index (χ0v) is 11.2. The van der Waals surface area contributed by atoms with Gasteiger partial charge in [-0.2, -0.15) is 13.2 Å². The van der Waals surface area contributed by atoms with Gasteiger partial charge in [-0.25, -0.2) is 0 Å². The first-order chi connectivity index (χ1) is 8.45. The van der Waals surface area contributed by atoms with Crippen LogP contribution in [0.5, 0.6) is 0 Å². The lowest BCUT2D eigenvalue weighted by atomic mass is 9.98. The number of hydrogen-bond donors (Lipinski definition) is 1. The molecule has 18 heavy (non-hydrogen) atoms. The van der Waals surface area contributed by atoms with Crippen molar-refractivity contribution in [3.05, 3.63) is 0 Å². The van der Waals surface area contributed by atoms with Gasteiger partial charge in [0.05, 0.1) is 6.61 Å². The van der Waals surface area contributed by atoms with Crippen LogP contribution < -0.4 is 5.32 Å². The third-order valence-electron chi connectivity index (χ3n) is 3.61. The van der Waals surface area contributed by atoms with Crippen molar-refractivity contribution in [1.82, 2.24) is 5.32 Å². The Bertz CT molecular complexity index is 227. The lowest BCUT2D eigenvalue weighted by Gasteiger charge is -2.27. The van der Waals surface area contributed by atoms with E-state index in [4.69, 9.17) is 4.74 Å². The molecule has 1 aliphatic rings. The van der Waals surface area contributed by atoms with Crippen molar-refractivity contribution in [2.75, 3.05) is 13.2 Å². The Hall–Kier alpha value is -0.290. The normalized spacial score (nSPS) is 21.2. The van der Waals surface area contributed by atoms with Crippen LogP contribution in [0.2, 0.25) is 0 Å². The summed E-state index contributed by atoms with van der Waals surface area (Å²) in [6.45, 7) is 4.12. The van der Waals surface area contributed by atoms with Gasteiger partial charge in [0.25, 0.3) is 0 Å². The van der Waals surface area contributed by atoms with Crippen LogP contribution in [0.1, 0.15) is 46.0 Å². The Labute approximate surface area is 107 Å². The van der Waals surface area contributed by atoms with Gasteiger partial charge < -0.3 is 10.1 Å². The van der Waals surface area contributed by atoms with Gasteiger partial charge in [-0.05, 0) is 38.6 Å². The van der Waals surface area contributed by atoms with E-state index in [1.54, 1.807) is 0 Å². The third kappa shape index (κ3) is 5.14. The van der Waals surface area contributed by atoms with Crippen LogP contribution in [-0.4, -0.2) is 31.5 Å². The van der Waals surface area contributed by atoms with E-state index in [2.05, 4.69) is 12.2 Å². The molecule has 1 rings (SSSR count). The molecule has 1 N–H and O–H groups in total. The molecule has 0 saturated heterocycles. The van der Waals surface area contributed by atoms with Gasteiger partial charge in [0.1, 0.15) is 0 Å². The fourth-order valence-electron chi connectivity index (χ4n) is 2.39. The maximum absolute atomic E-state index is 12.4. The van der Waals surface area contributed by atoms with E-state index in [0.29, 0.717) is 5.92 Å². The zero-order chi connectivity index (χ0) is 13.6. The van der Waals surface area contributed by atoms with Gasteiger partial charge in [0.2, 0.25) is 0 Å². The van der Waals surface area contributed by atoms with E-state index < -0.39 is 12.3 Å². The zero-order valence-electron chi connectivity index (χ0n) is 11.2. The lowest BCUT2D eigenvalue weighted by Crippen LogP contribution is -2.42. The summed E-state index contributed by atoms with van der Waals surface area (Å²) in [5.41, 5.74) is 0. The van der Waals surface area contributed by atoms with Crippen molar-refractivity contribution in [3.63, 3.8) is 0 Å². The van der Waals surface area contributed by atoms with Crippen LogP contribution in [0.25, 0.3) is 0 Å². The fourth-order valence-corrected chi connectivity index (χ4v) is 2.39. The SMILES string of the molecule is CCCNC(COC(C)C(F)(F)F)C1CCCC1. The van der Waals surface area contributed by atoms with Crippen LogP contribution in [0, 0.1) is 5.92 Å². The average Bonchev–Trinajstić information content (AvgIpc) is 2.81. The Balaban J connectivity index is 2.40. The highest BCUT2D eigenvalue weighted by molar-refractivity contribution is 4.81. The molecule has 0 radical (unpaired) electrons. The summed E-state index contributed by atoms with van der Waals surface area (Å²) in [6.07, 6.45) is -0.378. The van der Waals surface area contributed by atoms with Crippen LogP contribution in [-0.2, 0) is 4.74 Å². The number of nitrogens with one attached hydrogen (secondary N) is 1. The standard InChI is InChI=1S/C13H24F3NO/c1-3-8-17-12(11-6-4-5-7-11)9-18-10(2)13(14,15)16/h10-12,17H,3-9H2,1-2H3. The molecule has 1 aliphatic carbocycles. The van der Waals surface area contributed by atoms with Gasteiger partial charge in [0, 0.05) is 6.04 Å². The van der Waals surface area contributed by atoms with E-state index in [-0.39, 0.29) is 12.6 Å². The molecule has 0 aromatic carbocycles. The largest absolute Gasteiger partial charge is 0.414 e. The van der Waals surface area contributed by atoms with Gasteiger partial charge in [-0.3, -0.25) is 0 Å². The third-order valence-corrected chi connectivity index (χ3v) is 3.61. The minimum absolute atomic E-state index is 0.0669. The van der Waals surface area contributed by atoms with Gasteiger partial charge in [0.15, 0.2) is 6.10 Å². The first kappa shape index (κ1) is 15.8. The molecule has 2 atom stereocenters. The summed E-state index contributed by atoms with van der Waals surface area (Å²) in [7, 11) is 0. The van der Waals surface area contributed by atoms with Crippen molar-refractivity contribution in [1.29, 1.82) is 0 Å². The number of alkyl halides is 3. The summed E-state index contributed by atoms with van der Waals surface area (Å²) in [5, 5.41) is 3.33. The molecule has 0 spiro atoms. The van der Waals surface area contributed by atoms with E-state index in [0.717, 1.165) is 32.7 Å². The first-order valence-corrected chi connectivity index (χ1v) is 6.86. The van der Waals surface area contributed by atoms with E-state index in [1.165, 1.54) is 12.8 Å². The molecule has 108 valence electrons. The summed E-state index contributed by atoms with van der Waals surface area (Å²) in [6, 6.07) is 0.0669. The van der Waals surface area contributed by atoms with E-state index in [1.807, 2.05) is 0 Å². The molecule has 2 nitrogen and oxygen atoms in total. The second-order valence-electron chi connectivity index (χ2n) is 5.12. The average molecular weight is 267 g/mol. The molecule has 1 fully saturated rings. The van der Waals surface area contributed by atoms with Gasteiger partial charge in [-0.15, -0.1) is 0 Å². The predicted molar refractivity (Wildman–Crippen MR) is 65.5 cm³/mol. The van der Waals surface area contributed by atoms with Crippen molar-refractivity contribution in [2.24, 2.45) is 5.92 Å². The highest BCUT2D eigenvalue weighted by atomic mass is 19.4. The second-order valence-corrected chi connectivity index (χ2v) is 5.12. The van der Waals surface area contributed by atoms with Gasteiger partial charge >= 0.3 is 6.18 Å². The molecule has 0 aromatic rings. The molecule has 1 saturated carbocycles. The monoisotopic (exact) mass is 267 g/mol. The summed E-state index contributed by atoms with van der Waals surface area (Å²) >= 11 is 0. The lowest BCUT2D eigenvalue weighted by molar-refractivity contribution is -0.216. The number of halogens is 3. The van der Waals surface area contributed by atoms with Crippen LogP contribution in [0.4, 0.5) is 13.2 Å². The van der Waals surface area contributed by atoms with Crippen molar-refractivity contribution >= 4 is 0 Å². The summed E-state index contributed by atoms with van der Waals surface area (Å²) < 4.78 is 42.1. The van der Waals surface area contributed by atoms with E-state index >= 15 is 0 Å². The van der Waals surface area contributed by atoms with Crippen molar-refractivity contribution < 1.29 is 17.9 Å². The summed E-state index contributed by atoms with van der Waals surface area (Å²) in [4.78, 5) is 0. The number of ether oxygens (including phenoxy) is 1. The smallest absolute Gasteiger partial charge is 0.367 e. The van der Waals surface area contributed by atoms with Crippen LogP contribution >= 0.6 is 0 Å². The van der Waals surface area contributed by atoms with Gasteiger partial charge in [-0.1, -0.05) is 19.8 Å². The Morgan fingerprint density at radius 3 is 2.39 bits per heavy atom.